The molecule has 0 saturated heterocycles. The van der Waals surface area contributed by atoms with Crippen molar-refractivity contribution in [1.82, 2.24) is 5.32 Å². The van der Waals surface area contributed by atoms with Gasteiger partial charge in [-0.25, -0.2) is 0 Å². The molecule has 3 heteroatoms. The molecule has 100 valence electrons. The first-order valence-corrected chi connectivity index (χ1v) is 7.14. The Bertz CT molecular complexity index is 562. The maximum atomic E-state index is 6.26. The second kappa shape index (κ2) is 6.42. The van der Waals surface area contributed by atoms with Crippen molar-refractivity contribution in [2.45, 2.75) is 19.4 Å². The van der Waals surface area contributed by atoms with Crippen molar-refractivity contribution >= 4 is 23.2 Å². The van der Waals surface area contributed by atoms with E-state index in [1.807, 2.05) is 19.2 Å². The molecule has 1 nitrogen and oxygen atoms in total. The Labute approximate surface area is 124 Å². The Kier molecular flexibility index (Phi) is 4.87. The molecule has 1 atom stereocenters. The highest BCUT2D eigenvalue weighted by atomic mass is 35.5. The van der Waals surface area contributed by atoms with Gasteiger partial charge in [-0.1, -0.05) is 54.4 Å². The van der Waals surface area contributed by atoms with Gasteiger partial charge in [0.05, 0.1) is 0 Å². The molecule has 0 aliphatic rings. The Morgan fingerprint density at radius 3 is 2.53 bits per heavy atom. The first kappa shape index (κ1) is 14.4. The van der Waals surface area contributed by atoms with Crippen molar-refractivity contribution in [3.05, 3.63) is 58.1 Å². The zero-order valence-corrected chi connectivity index (χ0v) is 12.6. The fraction of sp³-hybridized carbons (Fsp3) is 0.250. The smallest absolute Gasteiger partial charge is 0.0499 e. The van der Waals surface area contributed by atoms with Gasteiger partial charge in [0.2, 0.25) is 0 Å². The quantitative estimate of drug-likeness (QED) is 0.803. The minimum atomic E-state index is 0.367. The van der Waals surface area contributed by atoms with Crippen molar-refractivity contribution in [2.75, 3.05) is 7.05 Å². The largest absolute Gasteiger partial charge is 0.313 e. The molecule has 0 amide bonds. The summed E-state index contributed by atoms with van der Waals surface area (Å²) in [5.74, 6) is 0. The maximum Gasteiger partial charge on any atom is 0.0499 e. The van der Waals surface area contributed by atoms with E-state index in [9.17, 15) is 0 Å². The minimum absolute atomic E-state index is 0.367. The SMILES string of the molecule is CCC(NC)c1cccc(-c2ccc(Cl)cc2Cl)c1. The third-order valence-corrected chi connectivity index (χ3v) is 3.84. The zero-order valence-electron chi connectivity index (χ0n) is 11.1. The molecule has 0 heterocycles. The molecule has 2 rings (SSSR count). The highest BCUT2D eigenvalue weighted by Gasteiger charge is 2.09. The summed E-state index contributed by atoms with van der Waals surface area (Å²) >= 11 is 12.2. The van der Waals surface area contributed by atoms with E-state index in [4.69, 9.17) is 23.2 Å². The molecule has 0 aromatic heterocycles. The summed E-state index contributed by atoms with van der Waals surface area (Å²) in [5.41, 5.74) is 3.40. The normalized spacial score (nSPS) is 12.4. The summed E-state index contributed by atoms with van der Waals surface area (Å²) in [6, 6.07) is 14.4. The Hall–Kier alpha value is -1.02. The summed E-state index contributed by atoms with van der Waals surface area (Å²) in [6.45, 7) is 2.17. The molecule has 19 heavy (non-hydrogen) atoms. The van der Waals surface area contributed by atoms with E-state index in [1.54, 1.807) is 6.07 Å². The first-order chi connectivity index (χ1) is 9.15. The Morgan fingerprint density at radius 2 is 1.89 bits per heavy atom. The average molecular weight is 294 g/mol. The maximum absolute atomic E-state index is 6.26. The van der Waals surface area contributed by atoms with Gasteiger partial charge >= 0.3 is 0 Å². The predicted octanol–water partition coefficient (Wildman–Crippen LogP) is 5.33. The average Bonchev–Trinajstić information content (AvgIpc) is 2.40. The summed E-state index contributed by atoms with van der Waals surface area (Å²) in [7, 11) is 1.98. The van der Waals surface area contributed by atoms with Crippen LogP contribution in [-0.2, 0) is 0 Å². The van der Waals surface area contributed by atoms with E-state index in [-0.39, 0.29) is 0 Å². The van der Waals surface area contributed by atoms with Crippen LogP contribution < -0.4 is 5.32 Å². The van der Waals surface area contributed by atoms with Gasteiger partial charge in [-0.15, -0.1) is 0 Å². The third kappa shape index (κ3) is 3.30. The highest BCUT2D eigenvalue weighted by molar-refractivity contribution is 6.36. The van der Waals surface area contributed by atoms with E-state index in [2.05, 4.69) is 36.5 Å². The van der Waals surface area contributed by atoms with Gasteiger partial charge in [0.15, 0.2) is 0 Å². The predicted molar refractivity (Wildman–Crippen MR) is 84.0 cm³/mol. The summed E-state index contributed by atoms with van der Waals surface area (Å²) in [4.78, 5) is 0. The molecule has 0 saturated carbocycles. The zero-order chi connectivity index (χ0) is 13.8. The van der Waals surface area contributed by atoms with Crippen molar-refractivity contribution in [3.63, 3.8) is 0 Å². The standard InChI is InChI=1S/C16H17Cl2N/c1-3-16(19-2)12-6-4-5-11(9-12)14-8-7-13(17)10-15(14)18/h4-10,16,19H,3H2,1-2H3. The van der Waals surface area contributed by atoms with Crippen LogP contribution >= 0.6 is 23.2 Å². The van der Waals surface area contributed by atoms with E-state index >= 15 is 0 Å². The van der Waals surface area contributed by atoms with E-state index in [0.717, 1.165) is 17.5 Å². The van der Waals surface area contributed by atoms with Crippen LogP contribution in [0.15, 0.2) is 42.5 Å². The monoisotopic (exact) mass is 293 g/mol. The second-order valence-corrected chi connectivity index (χ2v) is 5.34. The fourth-order valence-corrected chi connectivity index (χ4v) is 2.77. The molecule has 0 spiro atoms. The Balaban J connectivity index is 2.43. The molecular formula is C16H17Cl2N. The lowest BCUT2D eigenvalue weighted by atomic mass is 9.98. The molecule has 0 aliphatic carbocycles. The van der Waals surface area contributed by atoms with Gasteiger partial charge in [-0.05, 0) is 42.8 Å². The lowest BCUT2D eigenvalue weighted by molar-refractivity contribution is 0.577. The van der Waals surface area contributed by atoms with E-state index in [0.29, 0.717) is 16.1 Å². The number of hydrogen-bond donors (Lipinski definition) is 1. The van der Waals surface area contributed by atoms with Crippen LogP contribution in [0.2, 0.25) is 10.0 Å². The summed E-state index contributed by atoms with van der Waals surface area (Å²) in [5, 5.41) is 4.66. The molecule has 0 radical (unpaired) electrons. The molecule has 0 fully saturated rings. The minimum Gasteiger partial charge on any atom is -0.313 e. The van der Waals surface area contributed by atoms with Crippen LogP contribution in [0.25, 0.3) is 11.1 Å². The van der Waals surface area contributed by atoms with Gasteiger partial charge in [0, 0.05) is 21.7 Å². The van der Waals surface area contributed by atoms with Gasteiger partial charge in [-0.3, -0.25) is 0 Å². The van der Waals surface area contributed by atoms with Crippen molar-refractivity contribution in [3.8, 4) is 11.1 Å². The lowest BCUT2D eigenvalue weighted by Crippen LogP contribution is -2.15. The van der Waals surface area contributed by atoms with Crippen LogP contribution in [-0.4, -0.2) is 7.05 Å². The third-order valence-electron chi connectivity index (χ3n) is 3.29. The van der Waals surface area contributed by atoms with Crippen molar-refractivity contribution in [2.24, 2.45) is 0 Å². The number of rotatable bonds is 4. The van der Waals surface area contributed by atoms with Gasteiger partial charge in [0.1, 0.15) is 0 Å². The number of hydrogen-bond acceptors (Lipinski definition) is 1. The fourth-order valence-electron chi connectivity index (χ4n) is 2.25. The van der Waals surface area contributed by atoms with Gasteiger partial charge in [-0.2, -0.15) is 0 Å². The Morgan fingerprint density at radius 1 is 1.11 bits per heavy atom. The van der Waals surface area contributed by atoms with Crippen LogP contribution in [0.3, 0.4) is 0 Å². The molecule has 2 aromatic rings. The van der Waals surface area contributed by atoms with Crippen molar-refractivity contribution in [1.29, 1.82) is 0 Å². The first-order valence-electron chi connectivity index (χ1n) is 6.38. The molecular weight excluding hydrogens is 277 g/mol. The molecule has 0 aliphatic heterocycles. The topological polar surface area (TPSA) is 12.0 Å². The summed E-state index contributed by atoms with van der Waals surface area (Å²) in [6.07, 6.45) is 1.05. The van der Waals surface area contributed by atoms with E-state index < -0.39 is 0 Å². The van der Waals surface area contributed by atoms with Crippen LogP contribution in [0.1, 0.15) is 24.9 Å². The van der Waals surface area contributed by atoms with Gasteiger partial charge in [0.25, 0.3) is 0 Å². The second-order valence-electron chi connectivity index (χ2n) is 4.50. The molecule has 2 aromatic carbocycles. The summed E-state index contributed by atoms with van der Waals surface area (Å²) < 4.78 is 0. The molecule has 1 N–H and O–H groups in total. The van der Waals surface area contributed by atoms with Crippen LogP contribution in [0.4, 0.5) is 0 Å². The van der Waals surface area contributed by atoms with Crippen molar-refractivity contribution < 1.29 is 0 Å². The van der Waals surface area contributed by atoms with Crippen LogP contribution in [0, 0.1) is 0 Å². The number of nitrogens with one attached hydrogen (secondary N) is 1. The van der Waals surface area contributed by atoms with Gasteiger partial charge < -0.3 is 5.32 Å². The highest BCUT2D eigenvalue weighted by Crippen LogP contribution is 2.31. The number of benzene rings is 2. The molecule has 1 unspecified atom stereocenters. The lowest BCUT2D eigenvalue weighted by Gasteiger charge is -2.15. The molecule has 0 bridgehead atoms. The number of halogens is 2. The van der Waals surface area contributed by atoms with Crippen LogP contribution in [0.5, 0.6) is 0 Å². The van der Waals surface area contributed by atoms with E-state index in [1.165, 1.54) is 5.56 Å².